The van der Waals surface area contributed by atoms with Gasteiger partial charge in [-0.15, -0.1) is 0 Å². The molecule has 0 aromatic rings. The van der Waals surface area contributed by atoms with Crippen LogP contribution in [0.15, 0.2) is 0 Å². The van der Waals surface area contributed by atoms with E-state index >= 15 is 0 Å². The van der Waals surface area contributed by atoms with Crippen LogP contribution in [0.3, 0.4) is 0 Å². The van der Waals surface area contributed by atoms with Crippen LogP contribution in [0.2, 0.25) is 0 Å². The van der Waals surface area contributed by atoms with E-state index in [1.807, 2.05) is 0 Å². The molecule has 1 unspecified atom stereocenters. The molecule has 0 spiro atoms. The van der Waals surface area contributed by atoms with E-state index in [9.17, 15) is 8.42 Å². The van der Waals surface area contributed by atoms with Crippen molar-refractivity contribution < 1.29 is 8.42 Å². The zero-order chi connectivity index (χ0) is 13.0. The minimum Gasteiger partial charge on any atom is -0.330 e. The summed E-state index contributed by atoms with van der Waals surface area (Å²) in [4.78, 5) is 0. The lowest BCUT2D eigenvalue weighted by atomic mass is 9.91. The summed E-state index contributed by atoms with van der Waals surface area (Å²) in [5, 5.41) is 0. The number of nitrogens with two attached hydrogens (primary N) is 1. The van der Waals surface area contributed by atoms with E-state index in [-0.39, 0.29) is 0 Å². The van der Waals surface area contributed by atoms with Crippen LogP contribution in [0, 0.1) is 11.8 Å². The average Bonchev–Trinajstić information content (AvgIpc) is 2.39. The van der Waals surface area contributed by atoms with Crippen molar-refractivity contribution >= 4 is 10.0 Å². The molecule has 2 fully saturated rings. The molecule has 1 atom stereocenters. The van der Waals surface area contributed by atoms with Crippen molar-refractivity contribution in [2.45, 2.75) is 44.9 Å². The minimum atomic E-state index is -3.05. The maximum Gasteiger partial charge on any atom is 0.214 e. The normalized spacial score (nSPS) is 28.4. The van der Waals surface area contributed by atoms with E-state index in [1.54, 1.807) is 4.31 Å². The van der Waals surface area contributed by atoms with Crippen molar-refractivity contribution in [1.29, 1.82) is 0 Å². The van der Waals surface area contributed by atoms with Gasteiger partial charge in [0.15, 0.2) is 0 Å². The molecule has 0 bridgehead atoms. The SMILES string of the molecule is NCC1CCCN(S(=O)(=O)CC2CCCCC2)C1. The molecule has 18 heavy (non-hydrogen) atoms. The first kappa shape index (κ1) is 14.3. The zero-order valence-corrected chi connectivity index (χ0v) is 12.0. The highest BCUT2D eigenvalue weighted by Gasteiger charge is 2.30. The van der Waals surface area contributed by atoms with Crippen LogP contribution in [0.1, 0.15) is 44.9 Å². The standard InChI is InChI=1S/C13H26N2O2S/c14-9-13-7-4-8-15(10-13)18(16,17)11-12-5-2-1-3-6-12/h12-13H,1-11,14H2. The molecule has 2 N–H and O–H groups in total. The van der Waals surface area contributed by atoms with Crippen LogP contribution in [-0.4, -0.2) is 38.1 Å². The summed E-state index contributed by atoms with van der Waals surface area (Å²) >= 11 is 0. The highest BCUT2D eigenvalue weighted by atomic mass is 32.2. The topological polar surface area (TPSA) is 63.4 Å². The third kappa shape index (κ3) is 3.68. The lowest BCUT2D eigenvalue weighted by Crippen LogP contribution is -2.44. The Morgan fingerprint density at radius 2 is 1.67 bits per heavy atom. The molecule has 4 nitrogen and oxygen atoms in total. The number of piperidine rings is 1. The van der Waals surface area contributed by atoms with Gasteiger partial charge in [-0.1, -0.05) is 19.3 Å². The molecule has 1 aliphatic heterocycles. The number of rotatable bonds is 4. The minimum absolute atomic E-state index is 0.361. The van der Waals surface area contributed by atoms with Gasteiger partial charge >= 0.3 is 0 Å². The second kappa shape index (κ2) is 6.35. The average molecular weight is 274 g/mol. The number of nitrogens with zero attached hydrogens (tertiary/aromatic N) is 1. The van der Waals surface area contributed by atoms with Crippen molar-refractivity contribution in [1.82, 2.24) is 4.31 Å². The van der Waals surface area contributed by atoms with Crippen LogP contribution >= 0.6 is 0 Å². The first-order chi connectivity index (χ1) is 8.62. The van der Waals surface area contributed by atoms with Gasteiger partial charge < -0.3 is 5.73 Å². The highest BCUT2D eigenvalue weighted by molar-refractivity contribution is 7.89. The molecular weight excluding hydrogens is 248 g/mol. The van der Waals surface area contributed by atoms with Gasteiger partial charge in [0.25, 0.3) is 0 Å². The third-order valence-electron chi connectivity index (χ3n) is 4.38. The summed E-state index contributed by atoms with van der Waals surface area (Å²) in [5.74, 6) is 1.12. The maximum absolute atomic E-state index is 12.4. The monoisotopic (exact) mass is 274 g/mol. The van der Waals surface area contributed by atoms with Crippen molar-refractivity contribution in [2.75, 3.05) is 25.4 Å². The Labute approximate surface area is 111 Å². The molecule has 2 rings (SSSR count). The molecule has 0 aromatic carbocycles. The zero-order valence-electron chi connectivity index (χ0n) is 11.2. The molecule has 5 heteroatoms. The third-order valence-corrected chi connectivity index (χ3v) is 6.39. The van der Waals surface area contributed by atoms with Gasteiger partial charge in [-0.25, -0.2) is 12.7 Å². The van der Waals surface area contributed by atoms with Gasteiger partial charge in [-0.2, -0.15) is 0 Å². The van der Waals surface area contributed by atoms with E-state index < -0.39 is 10.0 Å². The van der Waals surface area contributed by atoms with E-state index in [2.05, 4.69) is 0 Å². The number of sulfonamides is 1. The predicted octanol–water partition coefficient (Wildman–Crippen LogP) is 1.57. The van der Waals surface area contributed by atoms with Gasteiger partial charge in [0.05, 0.1) is 5.75 Å². The molecule has 106 valence electrons. The van der Waals surface area contributed by atoms with Gasteiger partial charge in [0, 0.05) is 13.1 Å². The van der Waals surface area contributed by atoms with E-state index in [4.69, 9.17) is 5.73 Å². The van der Waals surface area contributed by atoms with Crippen molar-refractivity contribution in [3.8, 4) is 0 Å². The Balaban J connectivity index is 1.92. The van der Waals surface area contributed by atoms with E-state index in [1.165, 1.54) is 19.3 Å². The van der Waals surface area contributed by atoms with Crippen molar-refractivity contribution in [3.63, 3.8) is 0 Å². The molecule has 0 radical (unpaired) electrons. The summed E-state index contributed by atoms with van der Waals surface area (Å²) in [5.41, 5.74) is 5.67. The Hall–Kier alpha value is -0.130. The first-order valence-corrected chi connectivity index (χ1v) is 8.90. The largest absolute Gasteiger partial charge is 0.330 e. The number of hydrogen-bond donors (Lipinski definition) is 1. The lowest BCUT2D eigenvalue weighted by Gasteiger charge is -2.33. The summed E-state index contributed by atoms with van der Waals surface area (Å²) < 4.78 is 26.5. The fourth-order valence-electron chi connectivity index (χ4n) is 3.23. The van der Waals surface area contributed by atoms with Crippen LogP contribution in [0.25, 0.3) is 0 Å². The van der Waals surface area contributed by atoms with Gasteiger partial charge in [-0.3, -0.25) is 0 Å². The highest BCUT2D eigenvalue weighted by Crippen LogP contribution is 2.27. The fourth-order valence-corrected chi connectivity index (χ4v) is 5.21. The predicted molar refractivity (Wildman–Crippen MR) is 73.7 cm³/mol. The second-order valence-electron chi connectivity index (χ2n) is 5.88. The van der Waals surface area contributed by atoms with E-state index in [0.29, 0.717) is 37.2 Å². The van der Waals surface area contributed by atoms with Crippen molar-refractivity contribution in [3.05, 3.63) is 0 Å². The summed E-state index contributed by atoms with van der Waals surface area (Å²) in [6.45, 7) is 1.95. The molecule has 1 saturated heterocycles. The second-order valence-corrected chi connectivity index (χ2v) is 7.90. The smallest absolute Gasteiger partial charge is 0.214 e. The van der Waals surface area contributed by atoms with Gasteiger partial charge in [0.1, 0.15) is 0 Å². The van der Waals surface area contributed by atoms with Gasteiger partial charge in [0.2, 0.25) is 10.0 Å². The van der Waals surface area contributed by atoms with E-state index in [0.717, 1.165) is 25.7 Å². The van der Waals surface area contributed by atoms with Crippen molar-refractivity contribution in [2.24, 2.45) is 17.6 Å². The Morgan fingerprint density at radius 3 is 2.33 bits per heavy atom. The molecule has 1 aliphatic carbocycles. The lowest BCUT2D eigenvalue weighted by molar-refractivity contribution is 0.268. The summed E-state index contributed by atoms with van der Waals surface area (Å²) in [7, 11) is -3.05. The van der Waals surface area contributed by atoms with Crippen LogP contribution in [0.5, 0.6) is 0 Å². The maximum atomic E-state index is 12.4. The molecule has 1 saturated carbocycles. The molecule has 0 amide bonds. The quantitative estimate of drug-likeness (QED) is 0.846. The van der Waals surface area contributed by atoms with Crippen LogP contribution in [-0.2, 0) is 10.0 Å². The van der Waals surface area contributed by atoms with Gasteiger partial charge in [-0.05, 0) is 44.1 Å². The fraction of sp³-hybridized carbons (Fsp3) is 1.00. The molecule has 2 aliphatic rings. The summed E-state index contributed by atoms with van der Waals surface area (Å²) in [6, 6.07) is 0. The molecule has 1 heterocycles. The molecule has 0 aromatic heterocycles. The Morgan fingerprint density at radius 1 is 1.00 bits per heavy atom. The first-order valence-electron chi connectivity index (χ1n) is 7.29. The molecular formula is C13H26N2O2S. The summed E-state index contributed by atoms with van der Waals surface area (Å²) in [6.07, 6.45) is 7.89. The Kier molecular flexibility index (Phi) is 5.04. The Bertz CT molecular complexity index is 350. The van der Waals surface area contributed by atoms with Crippen LogP contribution in [0.4, 0.5) is 0 Å². The number of hydrogen-bond acceptors (Lipinski definition) is 3. The van der Waals surface area contributed by atoms with Crippen LogP contribution < -0.4 is 5.73 Å².